The van der Waals surface area contributed by atoms with Crippen LogP contribution in [-0.2, 0) is 35.4 Å². The number of aromatic nitrogens is 3. The van der Waals surface area contributed by atoms with E-state index in [9.17, 15) is 18.0 Å². The molecule has 0 bridgehead atoms. The Morgan fingerprint density at radius 2 is 1.84 bits per heavy atom. The first kappa shape index (κ1) is 26.2. The summed E-state index contributed by atoms with van der Waals surface area (Å²) >= 11 is 1.60. The van der Waals surface area contributed by atoms with Gasteiger partial charge >= 0.3 is 6.18 Å². The first-order valence-corrected chi connectivity index (χ1v) is 13.4. The van der Waals surface area contributed by atoms with Crippen molar-refractivity contribution < 1.29 is 22.8 Å². The van der Waals surface area contributed by atoms with Gasteiger partial charge in [-0.05, 0) is 44.7 Å². The molecule has 2 aliphatic rings. The van der Waals surface area contributed by atoms with Crippen LogP contribution in [0.2, 0.25) is 0 Å². The Hall–Kier alpha value is -3.41. The molecule has 5 rings (SSSR count). The average molecular weight is 547 g/mol. The van der Waals surface area contributed by atoms with Crippen LogP contribution in [0.4, 0.5) is 18.3 Å². The summed E-state index contributed by atoms with van der Waals surface area (Å²) in [6.45, 7) is 5.90. The number of aryl methyl sites for hydroxylation is 3. The predicted molar refractivity (Wildman–Crippen MR) is 138 cm³/mol. The maximum atomic E-state index is 12.9. The predicted octanol–water partition coefficient (Wildman–Crippen LogP) is 4.58. The number of carbonyl (C=O) groups excluding carboxylic acids is 1. The molecule has 1 amide bonds. The van der Waals surface area contributed by atoms with Gasteiger partial charge in [-0.2, -0.15) is 18.3 Å². The first-order chi connectivity index (χ1) is 18.2. The van der Waals surface area contributed by atoms with E-state index in [4.69, 9.17) is 9.82 Å². The second-order valence-corrected chi connectivity index (χ2v) is 10.6. The summed E-state index contributed by atoms with van der Waals surface area (Å²) < 4.78 is 39.9. The molecule has 0 radical (unpaired) electrons. The number of anilines is 1. The van der Waals surface area contributed by atoms with Crippen LogP contribution < -0.4 is 4.90 Å². The number of alkyl halides is 3. The Morgan fingerprint density at radius 3 is 2.53 bits per heavy atom. The summed E-state index contributed by atoms with van der Waals surface area (Å²) in [4.78, 5) is 28.2. The number of amides is 1. The van der Waals surface area contributed by atoms with Crippen molar-refractivity contribution in [2.75, 3.05) is 31.1 Å². The van der Waals surface area contributed by atoms with E-state index in [1.807, 2.05) is 19.1 Å². The molecule has 3 heterocycles. The number of carbonyl (C=O) groups is 1. The minimum Gasteiger partial charge on any atom is -0.391 e. The molecule has 2 aromatic heterocycles. The highest BCUT2D eigenvalue weighted by Crippen LogP contribution is 2.33. The Bertz CT molecular complexity index is 1320. The van der Waals surface area contributed by atoms with E-state index in [-0.39, 0.29) is 12.5 Å². The zero-order valence-corrected chi connectivity index (χ0v) is 22.1. The molecule has 202 valence electrons. The van der Waals surface area contributed by atoms with Gasteiger partial charge in [0.1, 0.15) is 13.2 Å². The number of piperazine rings is 1. The highest BCUT2D eigenvalue weighted by Gasteiger charge is 2.35. The topological polar surface area (TPSA) is 75.9 Å². The third-order valence-electron chi connectivity index (χ3n) is 6.76. The zero-order chi connectivity index (χ0) is 26.9. The van der Waals surface area contributed by atoms with Gasteiger partial charge in [0.15, 0.2) is 10.8 Å². The molecule has 1 saturated heterocycles. The fourth-order valence-corrected chi connectivity index (χ4v) is 5.72. The Morgan fingerprint density at radius 1 is 1.11 bits per heavy atom. The first-order valence-electron chi connectivity index (χ1n) is 12.6. The maximum absolute atomic E-state index is 12.9. The molecule has 8 nitrogen and oxygen atoms in total. The van der Waals surface area contributed by atoms with Gasteiger partial charge in [-0.1, -0.05) is 46.3 Å². The molecule has 0 atom stereocenters. The highest BCUT2D eigenvalue weighted by molar-refractivity contribution is 7.17. The molecule has 0 spiro atoms. The van der Waals surface area contributed by atoms with Crippen molar-refractivity contribution in [3.63, 3.8) is 0 Å². The molecule has 0 unspecified atom stereocenters. The number of fused-ring (bicyclic) bond motifs is 1. The van der Waals surface area contributed by atoms with Gasteiger partial charge in [0, 0.05) is 31.9 Å². The molecule has 1 aliphatic carbocycles. The molecule has 1 aliphatic heterocycles. The minimum atomic E-state index is -4.53. The van der Waals surface area contributed by atoms with E-state index in [1.165, 1.54) is 12.5 Å². The van der Waals surface area contributed by atoms with E-state index >= 15 is 0 Å². The molecule has 1 fully saturated rings. The number of hydrogen-bond donors (Lipinski definition) is 0. The van der Waals surface area contributed by atoms with E-state index in [2.05, 4.69) is 27.3 Å². The highest BCUT2D eigenvalue weighted by atomic mass is 32.1. The van der Waals surface area contributed by atoms with Crippen LogP contribution >= 0.6 is 11.3 Å². The molecule has 12 heteroatoms. The van der Waals surface area contributed by atoms with E-state index < -0.39 is 11.9 Å². The normalized spacial score (nSPS) is 17.1. The third-order valence-corrected chi connectivity index (χ3v) is 7.97. The van der Waals surface area contributed by atoms with Crippen LogP contribution in [0.15, 0.2) is 35.5 Å². The SMILES string of the molecule is Cc1ccc(CON=C2CCCc3nc(N4CCN(C(=O)Cn5nc(C(F)(F)F)cc5C)CC4)sc32)cc1. The standard InChI is InChI=1S/C26H29F3N6O2S/c1-17-6-8-19(9-7-17)16-37-32-21-5-3-4-20-24(21)38-25(30-20)34-12-10-33(11-13-34)23(36)15-35-18(2)14-22(31-35)26(27,28)29/h6-9,14H,3-5,10-13,15-16H2,1-2H3. The summed E-state index contributed by atoms with van der Waals surface area (Å²) in [7, 11) is 0. The lowest BCUT2D eigenvalue weighted by molar-refractivity contribution is -0.142. The number of halogens is 3. The Labute approximate surface area is 222 Å². The molecule has 0 N–H and O–H groups in total. The Kier molecular flexibility index (Phi) is 7.42. The lowest BCUT2D eigenvalue weighted by Crippen LogP contribution is -2.49. The molecule has 38 heavy (non-hydrogen) atoms. The van der Waals surface area contributed by atoms with Gasteiger partial charge < -0.3 is 14.6 Å². The van der Waals surface area contributed by atoms with Crippen molar-refractivity contribution >= 4 is 28.1 Å². The monoisotopic (exact) mass is 546 g/mol. The number of thiazole rings is 1. The van der Waals surface area contributed by atoms with Crippen LogP contribution in [0.3, 0.4) is 0 Å². The van der Waals surface area contributed by atoms with Crippen LogP contribution in [-0.4, -0.2) is 57.5 Å². The van der Waals surface area contributed by atoms with E-state index in [1.54, 1.807) is 16.2 Å². The summed E-state index contributed by atoms with van der Waals surface area (Å²) in [5, 5.41) is 8.90. The number of hydrogen-bond acceptors (Lipinski definition) is 7. The van der Waals surface area contributed by atoms with Gasteiger partial charge in [-0.25, -0.2) is 4.98 Å². The molecule has 1 aromatic carbocycles. The van der Waals surface area contributed by atoms with Crippen LogP contribution in [0.25, 0.3) is 0 Å². The van der Waals surface area contributed by atoms with Gasteiger partial charge in [-0.3, -0.25) is 9.48 Å². The average Bonchev–Trinajstić information content (AvgIpc) is 3.49. The van der Waals surface area contributed by atoms with Crippen molar-refractivity contribution in [3.8, 4) is 0 Å². The Balaban J connectivity index is 1.18. The molecular formula is C26H29F3N6O2S. The number of nitrogens with zero attached hydrogens (tertiary/aromatic N) is 6. The smallest absolute Gasteiger partial charge is 0.391 e. The van der Waals surface area contributed by atoms with E-state index in [0.29, 0.717) is 38.5 Å². The third kappa shape index (κ3) is 5.85. The number of rotatable bonds is 6. The molecule has 3 aromatic rings. The quantitative estimate of drug-likeness (QED) is 0.423. The second-order valence-electron chi connectivity index (χ2n) is 9.62. The van der Waals surface area contributed by atoms with Gasteiger partial charge in [0.2, 0.25) is 5.91 Å². The summed E-state index contributed by atoms with van der Waals surface area (Å²) in [5.41, 5.74) is 3.54. The lowest BCUT2D eigenvalue weighted by atomic mass is 10.0. The fourth-order valence-electron chi connectivity index (χ4n) is 4.55. The number of benzene rings is 1. The molecular weight excluding hydrogens is 517 g/mol. The lowest BCUT2D eigenvalue weighted by Gasteiger charge is -2.34. The van der Waals surface area contributed by atoms with Gasteiger partial charge in [0.05, 0.1) is 16.3 Å². The fraction of sp³-hybridized carbons (Fsp3) is 0.462. The van der Waals surface area contributed by atoms with Crippen molar-refractivity contribution in [2.24, 2.45) is 5.16 Å². The second kappa shape index (κ2) is 10.8. The molecule has 0 saturated carbocycles. The van der Waals surface area contributed by atoms with Crippen molar-refractivity contribution in [2.45, 2.75) is 52.4 Å². The van der Waals surface area contributed by atoms with Crippen molar-refractivity contribution in [3.05, 3.63) is 63.4 Å². The van der Waals surface area contributed by atoms with Gasteiger partial charge in [0.25, 0.3) is 0 Å². The largest absolute Gasteiger partial charge is 0.435 e. The zero-order valence-electron chi connectivity index (χ0n) is 21.3. The minimum absolute atomic E-state index is 0.212. The van der Waals surface area contributed by atoms with Crippen molar-refractivity contribution in [1.29, 1.82) is 0 Å². The summed E-state index contributed by atoms with van der Waals surface area (Å²) in [6.07, 6.45) is -1.83. The van der Waals surface area contributed by atoms with Crippen LogP contribution in [0, 0.1) is 13.8 Å². The van der Waals surface area contributed by atoms with Gasteiger partial charge in [-0.15, -0.1) is 0 Å². The van der Waals surface area contributed by atoms with Crippen LogP contribution in [0.5, 0.6) is 0 Å². The summed E-state index contributed by atoms with van der Waals surface area (Å²) in [5.74, 6) is -0.247. The summed E-state index contributed by atoms with van der Waals surface area (Å²) in [6, 6.07) is 9.13. The maximum Gasteiger partial charge on any atom is 0.435 e. The van der Waals surface area contributed by atoms with Crippen LogP contribution in [0.1, 0.15) is 45.9 Å². The van der Waals surface area contributed by atoms with Crippen molar-refractivity contribution in [1.82, 2.24) is 19.7 Å². The number of oxime groups is 1. The van der Waals surface area contributed by atoms with E-state index in [0.717, 1.165) is 57.0 Å².